The van der Waals surface area contributed by atoms with Gasteiger partial charge < -0.3 is 10.0 Å². The summed E-state index contributed by atoms with van der Waals surface area (Å²) < 4.78 is 26.4. The summed E-state index contributed by atoms with van der Waals surface area (Å²) >= 11 is 3.02. The van der Waals surface area contributed by atoms with Gasteiger partial charge in [0.05, 0.1) is 4.92 Å². The van der Waals surface area contributed by atoms with E-state index in [0.29, 0.717) is 0 Å². The molecule has 1 fully saturated rings. The molecule has 0 spiro atoms. The van der Waals surface area contributed by atoms with Crippen LogP contribution < -0.4 is 4.90 Å². The Morgan fingerprint density at radius 1 is 1.47 bits per heavy atom. The highest BCUT2D eigenvalue weighted by molar-refractivity contribution is 9.10. The van der Waals surface area contributed by atoms with Gasteiger partial charge in [0.1, 0.15) is 4.60 Å². The third kappa shape index (κ3) is 2.91. The summed E-state index contributed by atoms with van der Waals surface area (Å²) in [5.41, 5.74) is -0.562. The Bertz CT molecular complexity index is 517. The van der Waals surface area contributed by atoms with Crippen LogP contribution in [0.4, 0.5) is 20.3 Å². The van der Waals surface area contributed by atoms with E-state index in [0.717, 1.165) is 6.07 Å². The fourth-order valence-corrected chi connectivity index (χ4v) is 2.31. The number of rotatable bonds is 2. The molecule has 1 aromatic heterocycles. The molecule has 0 aromatic carbocycles. The van der Waals surface area contributed by atoms with Crippen molar-refractivity contribution in [1.82, 2.24) is 4.98 Å². The Kier molecular flexibility index (Phi) is 3.57. The van der Waals surface area contributed by atoms with Crippen molar-refractivity contribution >= 4 is 27.4 Å². The zero-order valence-corrected chi connectivity index (χ0v) is 11.2. The van der Waals surface area contributed by atoms with Crippen molar-refractivity contribution in [3.05, 3.63) is 20.8 Å². The molecule has 104 valence electrons. The SMILES string of the molecule is O=[N+]([O-])c1c(O)cc(Br)nc1N1CCC(F)(F)CC1. The summed E-state index contributed by atoms with van der Waals surface area (Å²) in [5.74, 6) is -3.38. The second-order valence-corrected chi connectivity index (χ2v) is 5.05. The molecule has 0 amide bonds. The summed E-state index contributed by atoms with van der Waals surface area (Å²) in [4.78, 5) is 15.5. The van der Waals surface area contributed by atoms with Gasteiger partial charge >= 0.3 is 5.69 Å². The van der Waals surface area contributed by atoms with Gasteiger partial charge in [-0.1, -0.05) is 0 Å². The molecule has 0 radical (unpaired) electrons. The smallest absolute Gasteiger partial charge is 0.352 e. The molecular weight excluding hydrogens is 328 g/mol. The maximum absolute atomic E-state index is 13.1. The first-order valence-electron chi connectivity index (χ1n) is 5.47. The van der Waals surface area contributed by atoms with Crippen LogP contribution in [-0.4, -0.2) is 34.0 Å². The van der Waals surface area contributed by atoms with Gasteiger partial charge in [-0.15, -0.1) is 0 Å². The van der Waals surface area contributed by atoms with Gasteiger partial charge in [-0.05, 0) is 15.9 Å². The van der Waals surface area contributed by atoms with Crippen LogP contribution in [-0.2, 0) is 0 Å². The minimum absolute atomic E-state index is 0.0449. The van der Waals surface area contributed by atoms with Crippen molar-refractivity contribution in [2.45, 2.75) is 18.8 Å². The number of aromatic nitrogens is 1. The van der Waals surface area contributed by atoms with E-state index in [9.17, 15) is 24.0 Å². The van der Waals surface area contributed by atoms with Crippen LogP contribution in [0.1, 0.15) is 12.8 Å². The van der Waals surface area contributed by atoms with Crippen LogP contribution >= 0.6 is 15.9 Å². The minimum Gasteiger partial charge on any atom is -0.502 e. The Hall–Kier alpha value is -1.51. The van der Waals surface area contributed by atoms with Gasteiger partial charge in [-0.3, -0.25) is 10.1 Å². The normalized spacial score (nSPS) is 18.4. The third-order valence-corrected chi connectivity index (χ3v) is 3.31. The molecule has 0 bridgehead atoms. The molecule has 2 heterocycles. The van der Waals surface area contributed by atoms with Crippen LogP contribution in [0.2, 0.25) is 0 Å². The molecule has 1 saturated heterocycles. The number of piperidine rings is 1. The third-order valence-electron chi connectivity index (χ3n) is 2.90. The number of alkyl halides is 2. The van der Waals surface area contributed by atoms with E-state index in [1.165, 1.54) is 4.90 Å². The van der Waals surface area contributed by atoms with Crippen molar-refractivity contribution in [3.8, 4) is 5.75 Å². The van der Waals surface area contributed by atoms with Crippen LogP contribution in [0, 0.1) is 10.1 Å². The first-order valence-corrected chi connectivity index (χ1v) is 6.26. The van der Waals surface area contributed by atoms with Gasteiger partial charge in [0.15, 0.2) is 0 Å². The van der Waals surface area contributed by atoms with Gasteiger partial charge in [-0.25, -0.2) is 13.8 Å². The largest absolute Gasteiger partial charge is 0.502 e. The predicted molar refractivity (Wildman–Crippen MR) is 66.7 cm³/mol. The molecule has 0 saturated carbocycles. The lowest BCUT2D eigenvalue weighted by molar-refractivity contribution is -0.385. The average molecular weight is 338 g/mol. The number of pyridine rings is 1. The van der Waals surface area contributed by atoms with E-state index in [2.05, 4.69) is 20.9 Å². The molecule has 0 unspecified atom stereocenters. The molecule has 6 nitrogen and oxygen atoms in total. The predicted octanol–water partition coefficient (Wildman–Crippen LogP) is 2.69. The van der Waals surface area contributed by atoms with Crippen LogP contribution in [0.3, 0.4) is 0 Å². The summed E-state index contributed by atoms with van der Waals surface area (Å²) in [6.45, 7) is -0.0898. The van der Waals surface area contributed by atoms with E-state index in [-0.39, 0.29) is 36.4 Å². The van der Waals surface area contributed by atoms with Crippen LogP contribution in [0.15, 0.2) is 10.7 Å². The average Bonchev–Trinajstić information content (AvgIpc) is 2.26. The number of hydrogen-bond acceptors (Lipinski definition) is 5. The number of anilines is 1. The molecule has 1 N–H and O–H groups in total. The number of aromatic hydroxyl groups is 1. The summed E-state index contributed by atoms with van der Waals surface area (Å²) in [6.07, 6.45) is -0.780. The number of hydrogen-bond donors (Lipinski definition) is 1. The molecule has 2 rings (SSSR count). The summed E-state index contributed by atoms with van der Waals surface area (Å²) in [5, 5.41) is 20.5. The molecule has 1 aliphatic rings. The van der Waals surface area contributed by atoms with E-state index in [1.54, 1.807) is 0 Å². The van der Waals surface area contributed by atoms with Crippen molar-refractivity contribution in [2.75, 3.05) is 18.0 Å². The highest BCUT2D eigenvalue weighted by Gasteiger charge is 2.37. The molecule has 1 aromatic rings. The van der Waals surface area contributed by atoms with E-state index >= 15 is 0 Å². The summed E-state index contributed by atoms with van der Waals surface area (Å²) in [6, 6.07) is 1.10. The number of nitrogens with zero attached hydrogens (tertiary/aromatic N) is 3. The molecule has 1 aliphatic heterocycles. The van der Waals surface area contributed by atoms with Crippen molar-refractivity contribution in [1.29, 1.82) is 0 Å². The zero-order chi connectivity index (χ0) is 14.2. The van der Waals surface area contributed by atoms with Crippen molar-refractivity contribution in [2.24, 2.45) is 0 Å². The lowest BCUT2D eigenvalue weighted by Crippen LogP contribution is -2.40. The van der Waals surface area contributed by atoms with Gasteiger partial charge in [0, 0.05) is 32.0 Å². The molecule has 9 heteroatoms. The summed E-state index contributed by atoms with van der Waals surface area (Å²) in [7, 11) is 0. The lowest BCUT2D eigenvalue weighted by atomic mass is 10.1. The second-order valence-electron chi connectivity index (χ2n) is 4.24. The monoisotopic (exact) mass is 337 g/mol. The fourth-order valence-electron chi connectivity index (χ4n) is 1.92. The van der Waals surface area contributed by atoms with E-state index in [4.69, 9.17) is 0 Å². The van der Waals surface area contributed by atoms with E-state index in [1.807, 2.05) is 0 Å². The van der Waals surface area contributed by atoms with Crippen molar-refractivity contribution in [3.63, 3.8) is 0 Å². The van der Waals surface area contributed by atoms with Crippen LogP contribution in [0.25, 0.3) is 0 Å². The Morgan fingerprint density at radius 3 is 2.58 bits per heavy atom. The quantitative estimate of drug-likeness (QED) is 0.510. The molecule has 0 aliphatic carbocycles. The first-order chi connectivity index (χ1) is 8.80. The molecule has 0 atom stereocenters. The fraction of sp³-hybridized carbons (Fsp3) is 0.500. The second kappa shape index (κ2) is 4.87. The molecule has 19 heavy (non-hydrogen) atoms. The Morgan fingerprint density at radius 2 is 2.05 bits per heavy atom. The zero-order valence-electron chi connectivity index (χ0n) is 9.65. The lowest BCUT2D eigenvalue weighted by Gasteiger charge is -2.32. The number of nitro groups is 1. The maximum atomic E-state index is 13.1. The Labute approximate surface area is 115 Å². The van der Waals surface area contributed by atoms with Gasteiger partial charge in [0.25, 0.3) is 5.92 Å². The first kappa shape index (κ1) is 13.9. The highest BCUT2D eigenvalue weighted by Crippen LogP contribution is 2.39. The number of halogens is 3. The van der Waals surface area contributed by atoms with Crippen molar-refractivity contribution < 1.29 is 18.8 Å². The minimum atomic E-state index is -2.75. The van der Waals surface area contributed by atoms with Crippen LogP contribution in [0.5, 0.6) is 5.75 Å². The standard InChI is InChI=1S/C10H10BrF2N3O3/c11-7-5-6(17)8(16(18)19)9(14-7)15-3-1-10(12,13)2-4-15/h5H,1-4H2,(H,14,17). The Balaban J connectivity index is 2.37. The topological polar surface area (TPSA) is 79.5 Å². The highest BCUT2D eigenvalue weighted by atomic mass is 79.9. The van der Waals surface area contributed by atoms with E-state index < -0.39 is 22.3 Å². The van der Waals surface area contributed by atoms with Gasteiger partial charge in [0.2, 0.25) is 11.6 Å². The molecular formula is C10H10BrF2N3O3. The maximum Gasteiger partial charge on any atom is 0.352 e. The van der Waals surface area contributed by atoms with Gasteiger partial charge in [-0.2, -0.15) is 0 Å².